The van der Waals surface area contributed by atoms with Gasteiger partial charge in [0.15, 0.2) is 5.96 Å². The van der Waals surface area contributed by atoms with Gasteiger partial charge in [0.2, 0.25) is 5.91 Å². The molecule has 0 saturated carbocycles. The number of guanidine groups is 1. The number of amides is 2. The molecule has 0 saturated heterocycles. The number of hydrogen-bond donors (Lipinski definition) is 6. The van der Waals surface area contributed by atoms with Crippen molar-refractivity contribution in [2.75, 3.05) is 51.9 Å². The van der Waals surface area contributed by atoms with Gasteiger partial charge in [-0.15, -0.1) is 0 Å². The fraction of sp³-hybridized carbons (Fsp3) is 0.464. The highest BCUT2D eigenvalue weighted by Gasteiger charge is 2.24. The molecule has 44 heavy (non-hydrogen) atoms. The monoisotopic (exact) mass is 680 g/mol. The second kappa shape index (κ2) is 16.7. The Morgan fingerprint density at radius 2 is 2.02 bits per heavy atom. The lowest BCUT2D eigenvalue weighted by molar-refractivity contribution is -0.143. The first-order valence-electron chi connectivity index (χ1n) is 13.8. The highest BCUT2D eigenvalue weighted by molar-refractivity contribution is 9.10. The molecule has 15 nitrogen and oxygen atoms in total. The third-order valence-electron chi connectivity index (χ3n) is 6.26. The molecule has 240 valence electrons. The van der Waals surface area contributed by atoms with Crippen molar-refractivity contribution >= 4 is 45.4 Å². The van der Waals surface area contributed by atoms with Crippen molar-refractivity contribution in [3.8, 4) is 5.75 Å². The number of rotatable bonds is 14. The predicted molar refractivity (Wildman–Crippen MR) is 163 cm³/mol. The van der Waals surface area contributed by atoms with Crippen LogP contribution in [0.25, 0.3) is 0 Å². The van der Waals surface area contributed by atoms with Crippen molar-refractivity contribution in [3.05, 3.63) is 55.9 Å². The standard InChI is InChI=1S/C28H37BrN6O9/c1-4-44-24(38)10-21(19-7-16(2)8-20(29)25(19)39)33-23(37)13-30-26(40)17-9-22(34-28-31-11-18(36)12-32-28)27(41)35(14-17)15-43-6-5-42-3/h7-9,14,18,21,36,39H,4-6,10-13,15H2,1-3H3,(H,30,40)(H,33,37)(H2,31,32,34). The van der Waals surface area contributed by atoms with Crippen LogP contribution in [-0.4, -0.2) is 91.2 Å². The number of anilines is 1. The van der Waals surface area contributed by atoms with Gasteiger partial charge in [-0.3, -0.25) is 28.7 Å². The quantitative estimate of drug-likeness (QED) is 0.120. The number of phenols is 1. The third kappa shape index (κ3) is 10.0. The molecule has 16 heteroatoms. The molecule has 2 unspecified atom stereocenters. The predicted octanol–water partition coefficient (Wildman–Crippen LogP) is 0.518. The molecule has 1 aliphatic rings. The van der Waals surface area contributed by atoms with Crippen LogP contribution in [0, 0.1) is 6.92 Å². The van der Waals surface area contributed by atoms with E-state index in [9.17, 15) is 29.4 Å². The molecule has 2 aromatic rings. The second-order valence-corrected chi connectivity index (χ2v) is 10.6. The minimum atomic E-state index is -0.945. The van der Waals surface area contributed by atoms with Crippen LogP contribution in [0.4, 0.5) is 5.69 Å². The Balaban J connectivity index is 1.77. The van der Waals surface area contributed by atoms with Crippen LogP contribution in [0.2, 0.25) is 0 Å². The largest absolute Gasteiger partial charge is 0.506 e. The number of aromatic hydroxyl groups is 1. The van der Waals surface area contributed by atoms with Gasteiger partial charge in [0.25, 0.3) is 11.5 Å². The van der Waals surface area contributed by atoms with Crippen LogP contribution in [0.3, 0.4) is 0 Å². The molecule has 6 N–H and O–H groups in total. The zero-order chi connectivity index (χ0) is 32.2. The van der Waals surface area contributed by atoms with Gasteiger partial charge in [-0.05, 0) is 47.5 Å². The van der Waals surface area contributed by atoms with Crippen LogP contribution < -0.4 is 26.8 Å². The Morgan fingerprint density at radius 1 is 1.25 bits per heavy atom. The number of nitrogens with one attached hydrogen (secondary N) is 4. The number of aryl methyl sites for hydroxylation is 1. The van der Waals surface area contributed by atoms with Crippen LogP contribution in [0.1, 0.15) is 40.9 Å². The number of halogens is 1. The number of nitrogens with zero attached hydrogens (tertiary/aromatic N) is 2. The summed E-state index contributed by atoms with van der Waals surface area (Å²) < 4.78 is 17.0. The van der Waals surface area contributed by atoms with E-state index in [0.717, 1.165) is 5.56 Å². The topological polar surface area (TPSA) is 202 Å². The Kier molecular flexibility index (Phi) is 13.1. The summed E-state index contributed by atoms with van der Waals surface area (Å²) in [5.74, 6) is -1.80. The lowest BCUT2D eigenvalue weighted by Gasteiger charge is -2.21. The van der Waals surface area contributed by atoms with Crippen LogP contribution in [0.5, 0.6) is 5.75 Å². The smallest absolute Gasteiger partial charge is 0.308 e. The van der Waals surface area contributed by atoms with E-state index in [0.29, 0.717) is 16.6 Å². The number of ether oxygens (including phenoxy) is 3. The van der Waals surface area contributed by atoms with Crippen molar-refractivity contribution in [1.29, 1.82) is 0 Å². The number of phenolic OH excluding ortho intramolecular Hbond substituents is 1. The number of hydrogen-bond acceptors (Lipinski definition) is 12. The number of benzene rings is 1. The molecule has 2 atom stereocenters. The molecule has 1 aromatic carbocycles. The van der Waals surface area contributed by atoms with Crippen molar-refractivity contribution in [2.24, 2.45) is 4.99 Å². The molecule has 0 radical (unpaired) electrons. The van der Waals surface area contributed by atoms with E-state index < -0.39 is 42.0 Å². The van der Waals surface area contributed by atoms with Crippen LogP contribution in [-0.2, 0) is 30.5 Å². The maximum absolute atomic E-state index is 13.1. The summed E-state index contributed by atoms with van der Waals surface area (Å²) in [5.41, 5.74) is 0.619. The first kappa shape index (κ1) is 34.5. The number of β-amino-alcohol motifs (C(OH)–C–C–N with tert-alkyl or cyclic N) is 1. The van der Waals surface area contributed by atoms with Gasteiger partial charge >= 0.3 is 5.97 Å². The summed E-state index contributed by atoms with van der Waals surface area (Å²) in [7, 11) is 1.51. The average Bonchev–Trinajstić information content (AvgIpc) is 2.98. The van der Waals surface area contributed by atoms with Gasteiger partial charge in [-0.1, -0.05) is 6.07 Å². The second-order valence-electron chi connectivity index (χ2n) is 9.79. The van der Waals surface area contributed by atoms with Crippen LogP contribution >= 0.6 is 15.9 Å². The number of aliphatic hydroxyl groups is 1. The van der Waals surface area contributed by atoms with Gasteiger partial charge in [0.1, 0.15) is 18.2 Å². The minimum Gasteiger partial charge on any atom is -0.506 e. The number of aliphatic hydroxyl groups excluding tert-OH is 1. The SMILES string of the molecule is CCOC(=O)CC(NC(=O)CNC(=O)c1cc(NC2=NCC(O)CN2)c(=O)n(COCCOC)c1)c1cc(C)cc(Br)c1O. The Hall–Kier alpha value is -3.99. The summed E-state index contributed by atoms with van der Waals surface area (Å²) in [6, 6.07) is 3.69. The van der Waals surface area contributed by atoms with E-state index in [1.165, 1.54) is 23.9 Å². The summed E-state index contributed by atoms with van der Waals surface area (Å²) in [6.45, 7) is 3.79. The highest BCUT2D eigenvalue weighted by Crippen LogP contribution is 2.34. The zero-order valence-electron chi connectivity index (χ0n) is 24.6. The first-order chi connectivity index (χ1) is 21.0. The van der Waals surface area contributed by atoms with Crippen molar-refractivity contribution < 1.29 is 38.8 Å². The van der Waals surface area contributed by atoms with E-state index in [4.69, 9.17) is 14.2 Å². The maximum atomic E-state index is 13.1. The van der Waals surface area contributed by atoms with Crippen molar-refractivity contribution in [3.63, 3.8) is 0 Å². The first-order valence-corrected chi connectivity index (χ1v) is 14.6. The summed E-state index contributed by atoms with van der Waals surface area (Å²) >= 11 is 3.28. The number of carbonyl (C=O) groups is 3. The molecule has 0 bridgehead atoms. The number of aliphatic imine (C=N–C) groups is 1. The molecule has 3 rings (SSSR count). The van der Waals surface area contributed by atoms with E-state index >= 15 is 0 Å². The Labute approximate surface area is 262 Å². The number of methoxy groups -OCH3 is 1. The van der Waals surface area contributed by atoms with Crippen molar-refractivity contribution in [1.82, 2.24) is 20.5 Å². The molecule has 0 spiro atoms. The van der Waals surface area contributed by atoms with E-state index in [1.54, 1.807) is 26.0 Å². The molecular weight excluding hydrogens is 644 g/mol. The molecular formula is C28H37BrN6O9. The minimum absolute atomic E-state index is 0.00934. The van der Waals surface area contributed by atoms with E-state index in [-0.39, 0.29) is 62.4 Å². The third-order valence-corrected chi connectivity index (χ3v) is 6.87. The fourth-order valence-electron chi connectivity index (χ4n) is 4.15. The fourth-order valence-corrected chi connectivity index (χ4v) is 4.74. The molecule has 1 aliphatic heterocycles. The van der Waals surface area contributed by atoms with Gasteiger partial charge in [0.05, 0.1) is 61.5 Å². The number of carbonyl (C=O) groups excluding carboxylic acids is 3. The molecule has 2 heterocycles. The lowest BCUT2D eigenvalue weighted by Crippen LogP contribution is -2.43. The van der Waals surface area contributed by atoms with Gasteiger partial charge in [-0.2, -0.15) is 0 Å². The summed E-state index contributed by atoms with van der Waals surface area (Å²) in [5, 5.41) is 31.2. The number of esters is 1. The molecule has 1 aromatic heterocycles. The molecule has 0 aliphatic carbocycles. The van der Waals surface area contributed by atoms with Gasteiger partial charge in [-0.25, -0.2) is 0 Å². The zero-order valence-corrected chi connectivity index (χ0v) is 26.2. The normalized spacial score (nSPS) is 15.0. The van der Waals surface area contributed by atoms with E-state index in [2.05, 4.69) is 42.2 Å². The summed E-state index contributed by atoms with van der Waals surface area (Å²) in [6.07, 6.45) is 0.372. The number of pyridine rings is 1. The van der Waals surface area contributed by atoms with Crippen LogP contribution in [0.15, 0.2) is 38.7 Å². The Morgan fingerprint density at radius 3 is 2.70 bits per heavy atom. The van der Waals surface area contributed by atoms with Gasteiger partial charge in [0, 0.05) is 25.4 Å². The van der Waals surface area contributed by atoms with Gasteiger partial charge < -0.3 is 45.7 Å². The molecule has 0 fully saturated rings. The average molecular weight is 682 g/mol. The number of aromatic nitrogens is 1. The molecule has 2 amide bonds. The maximum Gasteiger partial charge on any atom is 0.308 e. The highest BCUT2D eigenvalue weighted by atomic mass is 79.9. The lowest BCUT2D eigenvalue weighted by atomic mass is 10.00. The summed E-state index contributed by atoms with van der Waals surface area (Å²) in [4.78, 5) is 55.6. The van der Waals surface area contributed by atoms with Crippen molar-refractivity contribution in [2.45, 2.75) is 39.1 Å². The Bertz CT molecular complexity index is 1430. The van der Waals surface area contributed by atoms with E-state index in [1.807, 2.05) is 0 Å².